The number of nitrogens with zero attached hydrogens (tertiary/aromatic N) is 3. The second kappa shape index (κ2) is 10.8. The number of hydrogen-bond donors (Lipinski definition) is 0. The minimum absolute atomic E-state index is 0.831. The standard InChI is InChI=1S/C18H35N3/c1-5-17(4)12-10-14-21-18(15-19-20-21)13-9-7-6-8-11-16(2)3/h15-17H,5-14H2,1-4H3. The molecule has 0 aliphatic heterocycles. The molecule has 0 radical (unpaired) electrons. The molecule has 1 atom stereocenters. The lowest BCUT2D eigenvalue weighted by molar-refractivity contribution is 0.442. The summed E-state index contributed by atoms with van der Waals surface area (Å²) in [5, 5.41) is 8.34. The predicted molar refractivity (Wildman–Crippen MR) is 90.3 cm³/mol. The van der Waals surface area contributed by atoms with E-state index in [4.69, 9.17) is 0 Å². The van der Waals surface area contributed by atoms with E-state index in [1.807, 2.05) is 6.20 Å². The van der Waals surface area contributed by atoms with Crippen molar-refractivity contribution in [2.24, 2.45) is 11.8 Å². The third-order valence-corrected chi connectivity index (χ3v) is 4.43. The van der Waals surface area contributed by atoms with Crippen LogP contribution >= 0.6 is 0 Å². The Balaban J connectivity index is 2.16. The van der Waals surface area contributed by atoms with E-state index in [1.165, 1.54) is 57.1 Å². The van der Waals surface area contributed by atoms with Crippen molar-refractivity contribution in [3.05, 3.63) is 11.9 Å². The van der Waals surface area contributed by atoms with Gasteiger partial charge in [-0.2, -0.15) is 0 Å². The minimum Gasteiger partial charge on any atom is -0.249 e. The summed E-state index contributed by atoms with van der Waals surface area (Å²) >= 11 is 0. The molecule has 21 heavy (non-hydrogen) atoms. The third kappa shape index (κ3) is 8.23. The quantitative estimate of drug-likeness (QED) is 0.492. The van der Waals surface area contributed by atoms with E-state index >= 15 is 0 Å². The molecule has 122 valence electrons. The number of aryl methyl sites for hydroxylation is 2. The second-order valence-electron chi connectivity index (χ2n) is 6.95. The molecule has 0 fully saturated rings. The summed E-state index contributed by atoms with van der Waals surface area (Å²) in [4.78, 5) is 0. The monoisotopic (exact) mass is 293 g/mol. The summed E-state index contributed by atoms with van der Waals surface area (Å²) in [6.07, 6.45) is 13.6. The fourth-order valence-electron chi connectivity index (χ4n) is 2.67. The lowest BCUT2D eigenvalue weighted by Crippen LogP contribution is -2.07. The molecule has 0 N–H and O–H groups in total. The van der Waals surface area contributed by atoms with Gasteiger partial charge in [0, 0.05) is 6.54 Å². The van der Waals surface area contributed by atoms with Crippen LogP contribution in [0.2, 0.25) is 0 Å². The Morgan fingerprint density at radius 3 is 2.48 bits per heavy atom. The van der Waals surface area contributed by atoms with Crippen LogP contribution < -0.4 is 0 Å². The summed E-state index contributed by atoms with van der Waals surface area (Å²) < 4.78 is 2.12. The molecule has 3 heteroatoms. The van der Waals surface area contributed by atoms with E-state index in [0.29, 0.717) is 0 Å². The highest BCUT2D eigenvalue weighted by Crippen LogP contribution is 2.13. The molecule has 0 amide bonds. The van der Waals surface area contributed by atoms with Gasteiger partial charge in [0.15, 0.2) is 0 Å². The Hall–Kier alpha value is -0.860. The molecule has 1 heterocycles. The van der Waals surface area contributed by atoms with Crippen LogP contribution in [-0.4, -0.2) is 15.0 Å². The van der Waals surface area contributed by atoms with Gasteiger partial charge < -0.3 is 0 Å². The van der Waals surface area contributed by atoms with Gasteiger partial charge in [-0.1, -0.05) is 65.0 Å². The fourth-order valence-corrected chi connectivity index (χ4v) is 2.67. The summed E-state index contributed by atoms with van der Waals surface area (Å²) in [6, 6.07) is 0. The lowest BCUT2D eigenvalue weighted by atomic mass is 10.0. The molecular formula is C18H35N3. The third-order valence-electron chi connectivity index (χ3n) is 4.43. The molecule has 0 aliphatic rings. The topological polar surface area (TPSA) is 30.7 Å². The van der Waals surface area contributed by atoms with Gasteiger partial charge in [-0.25, -0.2) is 4.68 Å². The second-order valence-corrected chi connectivity index (χ2v) is 6.95. The Kier molecular flexibility index (Phi) is 9.36. The first-order valence-electron chi connectivity index (χ1n) is 9.00. The molecule has 3 nitrogen and oxygen atoms in total. The molecule has 1 rings (SSSR count). The van der Waals surface area contributed by atoms with Crippen LogP contribution in [0, 0.1) is 11.8 Å². The summed E-state index contributed by atoms with van der Waals surface area (Å²) in [7, 11) is 0. The average molecular weight is 293 g/mol. The summed E-state index contributed by atoms with van der Waals surface area (Å²) in [5.74, 6) is 1.68. The maximum atomic E-state index is 4.24. The zero-order valence-corrected chi connectivity index (χ0v) is 14.6. The van der Waals surface area contributed by atoms with E-state index in [-0.39, 0.29) is 0 Å². The van der Waals surface area contributed by atoms with Crippen LogP contribution in [0.5, 0.6) is 0 Å². The van der Waals surface area contributed by atoms with Crippen molar-refractivity contribution in [1.29, 1.82) is 0 Å². The van der Waals surface area contributed by atoms with Crippen molar-refractivity contribution < 1.29 is 0 Å². The van der Waals surface area contributed by atoms with Crippen LogP contribution in [0.1, 0.15) is 84.8 Å². The smallest absolute Gasteiger partial charge is 0.0725 e. The number of hydrogen-bond acceptors (Lipinski definition) is 2. The Morgan fingerprint density at radius 1 is 1.00 bits per heavy atom. The van der Waals surface area contributed by atoms with E-state index in [1.54, 1.807) is 0 Å². The Labute approximate surface area is 131 Å². The van der Waals surface area contributed by atoms with Crippen molar-refractivity contribution >= 4 is 0 Å². The SMILES string of the molecule is CCC(C)CCCn1nncc1CCCCCCC(C)C. The van der Waals surface area contributed by atoms with Crippen LogP contribution in [-0.2, 0) is 13.0 Å². The van der Waals surface area contributed by atoms with Gasteiger partial charge in [-0.3, -0.25) is 0 Å². The largest absolute Gasteiger partial charge is 0.249 e. The summed E-state index contributed by atoms with van der Waals surface area (Å²) in [5.41, 5.74) is 1.32. The van der Waals surface area contributed by atoms with Crippen molar-refractivity contribution in [3.8, 4) is 0 Å². The Bertz CT molecular complexity index is 357. The zero-order chi connectivity index (χ0) is 15.5. The van der Waals surface area contributed by atoms with Gasteiger partial charge in [0.25, 0.3) is 0 Å². The lowest BCUT2D eigenvalue weighted by Gasteiger charge is -2.09. The highest BCUT2D eigenvalue weighted by molar-refractivity contribution is 4.93. The van der Waals surface area contributed by atoms with E-state index in [9.17, 15) is 0 Å². The van der Waals surface area contributed by atoms with E-state index < -0.39 is 0 Å². The van der Waals surface area contributed by atoms with Crippen molar-refractivity contribution in [2.45, 2.75) is 92.0 Å². The first kappa shape index (κ1) is 18.2. The first-order valence-corrected chi connectivity index (χ1v) is 9.00. The average Bonchev–Trinajstić information content (AvgIpc) is 2.89. The molecule has 1 aromatic heterocycles. The molecule has 1 aromatic rings. The zero-order valence-electron chi connectivity index (χ0n) is 14.6. The van der Waals surface area contributed by atoms with E-state index in [0.717, 1.165) is 24.8 Å². The maximum absolute atomic E-state index is 4.24. The van der Waals surface area contributed by atoms with Gasteiger partial charge in [-0.15, -0.1) is 5.10 Å². The summed E-state index contributed by atoms with van der Waals surface area (Å²) in [6.45, 7) is 10.3. The van der Waals surface area contributed by atoms with Gasteiger partial charge in [0.1, 0.15) is 0 Å². The van der Waals surface area contributed by atoms with Crippen LogP contribution in [0.25, 0.3) is 0 Å². The van der Waals surface area contributed by atoms with Gasteiger partial charge in [0.05, 0.1) is 11.9 Å². The number of aromatic nitrogens is 3. The maximum Gasteiger partial charge on any atom is 0.0725 e. The molecule has 0 aromatic carbocycles. The van der Waals surface area contributed by atoms with Crippen molar-refractivity contribution in [2.75, 3.05) is 0 Å². The van der Waals surface area contributed by atoms with Crippen LogP contribution in [0.3, 0.4) is 0 Å². The molecule has 0 aliphatic carbocycles. The van der Waals surface area contributed by atoms with Crippen molar-refractivity contribution in [3.63, 3.8) is 0 Å². The van der Waals surface area contributed by atoms with Gasteiger partial charge in [-0.05, 0) is 37.5 Å². The molecule has 0 spiro atoms. The molecule has 0 bridgehead atoms. The normalized spacial score (nSPS) is 13.0. The highest BCUT2D eigenvalue weighted by Gasteiger charge is 2.05. The first-order chi connectivity index (χ1) is 10.1. The predicted octanol–water partition coefficient (Wildman–Crippen LogP) is 5.25. The Morgan fingerprint density at radius 2 is 1.76 bits per heavy atom. The molecular weight excluding hydrogens is 258 g/mol. The molecule has 1 unspecified atom stereocenters. The number of unbranched alkanes of at least 4 members (excludes halogenated alkanes) is 3. The van der Waals surface area contributed by atoms with E-state index in [2.05, 4.69) is 42.7 Å². The fraction of sp³-hybridized carbons (Fsp3) is 0.889. The molecule has 0 saturated carbocycles. The molecule has 0 saturated heterocycles. The van der Waals surface area contributed by atoms with Crippen molar-refractivity contribution in [1.82, 2.24) is 15.0 Å². The minimum atomic E-state index is 0.831. The van der Waals surface area contributed by atoms with Crippen LogP contribution in [0.15, 0.2) is 6.20 Å². The highest BCUT2D eigenvalue weighted by atomic mass is 15.4. The number of rotatable bonds is 12. The van der Waals surface area contributed by atoms with Gasteiger partial charge in [0.2, 0.25) is 0 Å². The van der Waals surface area contributed by atoms with Gasteiger partial charge >= 0.3 is 0 Å². The van der Waals surface area contributed by atoms with Crippen LogP contribution in [0.4, 0.5) is 0 Å².